The summed E-state index contributed by atoms with van der Waals surface area (Å²) in [7, 11) is 0. The number of pyridine rings is 1. The van der Waals surface area contributed by atoms with Crippen LogP contribution >= 0.6 is 0 Å². The third-order valence-electron chi connectivity index (χ3n) is 3.62. The zero-order chi connectivity index (χ0) is 13.9. The Balaban J connectivity index is 1.55. The van der Waals surface area contributed by atoms with E-state index in [4.69, 9.17) is 0 Å². The molecular formula is C14H18N4O2. The summed E-state index contributed by atoms with van der Waals surface area (Å²) in [4.78, 5) is 16.3. The fraction of sp³-hybridized carbons (Fsp3) is 0.429. The number of aromatic nitrogens is 2. The van der Waals surface area contributed by atoms with Crippen LogP contribution in [-0.4, -0.2) is 46.1 Å². The first-order valence-electron chi connectivity index (χ1n) is 6.80. The first kappa shape index (κ1) is 13.1. The number of hydrogen-bond donors (Lipinski definition) is 3. The molecule has 3 N–H and O–H groups in total. The Kier molecular flexibility index (Phi) is 3.66. The van der Waals surface area contributed by atoms with Gasteiger partial charge < -0.3 is 20.1 Å². The Hall–Kier alpha value is -1.92. The highest BCUT2D eigenvalue weighted by molar-refractivity contribution is 5.78. The second kappa shape index (κ2) is 5.60. The van der Waals surface area contributed by atoms with Gasteiger partial charge in [-0.05, 0) is 12.1 Å². The highest BCUT2D eigenvalue weighted by Crippen LogP contribution is 2.08. The van der Waals surface area contributed by atoms with Crippen molar-refractivity contribution >= 4 is 11.6 Å². The molecule has 3 heterocycles. The van der Waals surface area contributed by atoms with Crippen LogP contribution in [-0.2, 0) is 11.2 Å². The number of carbonyl (C=O) groups excluding carboxylic acids is 1. The summed E-state index contributed by atoms with van der Waals surface area (Å²) in [6.45, 7) is 1.85. The average Bonchev–Trinajstić information content (AvgIpc) is 3.01. The van der Waals surface area contributed by atoms with E-state index in [1.54, 1.807) is 0 Å². The minimum atomic E-state index is -0.370. The molecular weight excluding hydrogens is 256 g/mol. The molecule has 2 aromatic heterocycles. The summed E-state index contributed by atoms with van der Waals surface area (Å²) in [5, 5.41) is 15.6. The van der Waals surface area contributed by atoms with Gasteiger partial charge in [0.15, 0.2) is 0 Å². The standard InChI is InChI=1S/C14H18N4O2/c19-12-8-15-6-10(12)7-16-14(20)5-11-9-18-4-2-1-3-13(18)17-11/h1-4,9-10,12,15,19H,5-8H2,(H,16,20). The number of nitrogens with one attached hydrogen (secondary N) is 2. The molecule has 0 aromatic carbocycles. The van der Waals surface area contributed by atoms with Crippen LogP contribution in [0.2, 0.25) is 0 Å². The van der Waals surface area contributed by atoms with Gasteiger partial charge in [-0.1, -0.05) is 6.07 Å². The highest BCUT2D eigenvalue weighted by atomic mass is 16.3. The van der Waals surface area contributed by atoms with Gasteiger partial charge in [-0.2, -0.15) is 0 Å². The number of imidazole rings is 1. The van der Waals surface area contributed by atoms with E-state index in [1.165, 1.54) is 0 Å². The first-order valence-corrected chi connectivity index (χ1v) is 6.80. The molecule has 6 heteroatoms. The number of rotatable bonds is 4. The van der Waals surface area contributed by atoms with Gasteiger partial charge in [0.1, 0.15) is 5.65 Å². The summed E-state index contributed by atoms with van der Waals surface area (Å²) < 4.78 is 1.90. The number of amides is 1. The zero-order valence-electron chi connectivity index (χ0n) is 11.1. The number of carbonyl (C=O) groups is 1. The first-order chi connectivity index (χ1) is 9.72. The van der Waals surface area contributed by atoms with Crippen LogP contribution in [0.3, 0.4) is 0 Å². The van der Waals surface area contributed by atoms with Gasteiger partial charge >= 0.3 is 0 Å². The van der Waals surface area contributed by atoms with Crippen LogP contribution in [0.1, 0.15) is 5.69 Å². The molecule has 6 nitrogen and oxygen atoms in total. The molecule has 2 atom stereocenters. The normalized spacial score (nSPS) is 22.2. The lowest BCUT2D eigenvalue weighted by Gasteiger charge is -2.13. The molecule has 1 amide bonds. The second-order valence-electron chi connectivity index (χ2n) is 5.16. The third-order valence-corrected chi connectivity index (χ3v) is 3.62. The van der Waals surface area contributed by atoms with Crippen molar-refractivity contribution in [2.75, 3.05) is 19.6 Å². The summed E-state index contributed by atoms with van der Waals surface area (Å²) in [6, 6.07) is 5.75. The second-order valence-corrected chi connectivity index (χ2v) is 5.16. The molecule has 1 saturated heterocycles. The summed E-state index contributed by atoms with van der Waals surface area (Å²) in [5.74, 6) is 0.0347. The Morgan fingerprint density at radius 3 is 3.15 bits per heavy atom. The SMILES string of the molecule is O=C(Cc1cn2ccccc2n1)NCC1CNCC1O. The Morgan fingerprint density at radius 2 is 2.40 bits per heavy atom. The van der Waals surface area contributed by atoms with E-state index in [1.807, 2.05) is 35.0 Å². The smallest absolute Gasteiger partial charge is 0.226 e. The van der Waals surface area contributed by atoms with Gasteiger partial charge in [-0.3, -0.25) is 4.79 Å². The number of nitrogens with zero attached hydrogens (tertiary/aromatic N) is 2. The van der Waals surface area contributed by atoms with E-state index in [2.05, 4.69) is 15.6 Å². The van der Waals surface area contributed by atoms with Crippen molar-refractivity contribution in [1.29, 1.82) is 0 Å². The monoisotopic (exact) mass is 274 g/mol. The Bertz CT molecular complexity index is 577. The molecule has 106 valence electrons. The van der Waals surface area contributed by atoms with E-state index in [0.29, 0.717) is 13.1 Å². The molecule has 1 aliphatic rings. The van der Waals surface area contributed by atoms with E-state index >= 15 is 0 Å². The van der Waals surface area contributed by atoms with Crippen molar-refractivity contribution in [2.45, 2.75) is 12.5 Å². The van der Waals surface area contributed by atoms with Crippen molar-refractivity contribution in [2.24, 2.45) is 5.92 Å². The maximum absolute atomic E-state index is 11.9. The van der Waals surface area contributed by atoms with Gasteiger partial charge in [-0.25, -0.2) is 4.98 Å². The van der Waals surface area contributed by atoms with Gasteiger partial charge in [0, 0.05) is 37.9 Å². The number of fused-ring (bicyclic) bond motifs is 1. The fourth-order valence-corrected chi connectivity index (χ4v) is 2.47. The molecule has 0 saturated carbocycles. The Morgan fingerprint density at radius 1 is 1.50 bits per heavy atom. The topological polar surface area (TPSA) is 78.7 Å². The van der Waals surface area contributed by atoms with Crippen LogP contribution in [0.15, 0.2) is 30.6 Å². The Labute approximate surface area is 116 Å². The highest BCUT2D eigenvalue weighted by Gasteiger charge is 2.25. The van der Waals surface area contributed by atoms with Crippen LogP contribution < -0.4 is 10.6 Å². The van der Waals surface area contributed by atoms with Crippen LogP contribution in [0.25, 0.3) is 5.65 Å². The van der Waals surface area contributed by atoms with E-state index in [0.717, 1.165) is 17.9 Å². The third kappa shape index (κ3) is 2.81. The minimum Gasteiger partial charge on any atom is -0.391 e. The maximum atomic E-state index is 11.9. The number of aliphatic hydroxyl groups excluding tert-OH is 1. The average molecular weight is 274 g/mol. The minimum absolute atomic E-state index is 0.0625. The van der Waals surface area contributed by atoms with Crippen molar-refractivity contribution in [3.8, 4) is 0 Å². The van der Waals surface area contributed by atoms with E-state index < -0.39 is 0 Å². The molecule has 1 fully saturated rings. The lowest BCUT2D eigenvalue weighted by molar-refractivity contribution is -0.120. The van der Waals surface area contributed by atoms with Gasteiger partial charge in [-0.15, -0.1) is 0 Å². The molecule has 2 aromatic rings. The van der Waals surface area contributed by atoms with Crippen molar-refractivity contribution in [3.63, 3.8) is 0 Å². The number of β-amino-alcohol motifs (C(OH)–C–C–N with tert-alkyl or cyclic N) is 1. The quantitative estimate of drug-likeness (QED) is 0.707. The summed E-state index contributed by atoms with van der Waals surface area (Å²) >= 11 is 0. The predicted octanol–water partition coefficient (Wildman–Crippen LogP) is -0.427. The zero-order valence-corrected chi connectivity index (χ0v) is 11.1. The van der Waals surface area contributed by atoms with Crippen LogP contribution in [0.5, 0.6) is 0 Å². The van der Waals surface area contributed by atoms with Crippen LogP contribution in [0, 0.1) is 5.92 Å². The molecule has 3 rings (SSSR count). The van der Waals surface area contributed by atoms with Crippen molar-refractivity contribution in [3.05, 3.63) is 36.3 Å². The van der Waals surface area contributed by atoms with E-state index in [9.17, 15) is 9.90 Å². The number of hydrogen-bond acceptors (Lipinski definition) is 4. The summed E-state index contributed by atoms with van der Waals surface area (Å²) in [5.41, 5.74) is 1.59. The largest absolute Gasteiger partial charge is 0.391 e. The lowest BCUT2D eigenvalue weighted by atomic mass is 10.1. The maximum Gasteiger partial charge on any atom is 0.226 e. The molecule has 0 aliphatic carbocycles. The summed E-state index contributed by atoms with van der Waals surface area (Å²) in [6.07, 6.45) is 3.66. The van der Waals surface area contributed by atoms with Gasteiger partial charge in [0.05, 0.1) is 18.2 Å². The molecule has 1 aliphatic heterocycles. The lowest BCUT2D eigenvalue weighted by Crippen LogP contribution is -2.35. The van der Waals surface area contributed by atoms with Gasteiger partial charge in [0.25, 0.3) is 0 Å². The molecule has 0 spiro atoms. The van der Waals surface area contributed by atoms with Gasteiger partial charge in [0.2, 0.25) is 5.91 Å². The number of aliphatic hydroxyl groups is 1. The van der Waals surface area contributed by atoms with E-state index in [-0.39, 0.29) is 24.3 Å². The van der Waals surface area contributed by atoms with Crippen molar-refractivity contribution in [1.82, 2.24) is 20.0 Å². The predicted molar refractivity (Wildman–Crippen MR) is 74.3 cm³/mol. The fourth-order valence-electron chi connectivity index (χ4n) is 2.47. The molecule has 0 radical (unpaired) electrons. The molecule has 2 unspecified atom stereocenters. The van der Waals surface area contributed by atoms with Crippen molar-refractivity contribution < 1.29 is 9.90 Å². The molecule has 0 bridgehead atoms. The molecule has 20 heavy (non-hydrogen) atoms. The van der Waals surface area contributed by atoms with Crippen LogP contribution in [0.4, 0.5) is 0 Å².